The highest BCUT2D eigenvalue weighted by atomic mass is 79.9. The summed E-state index contributed by atoms with van der Waals surface area (Å²) in [5.74, 6) is -1.37. The van der Waals surface area contributed by atoms with Gasteiger partial charge in [0.15, 0.2) is 6.61 Å². The number of hydrogen-bond donors (Lipinski definition) is 0. The molecule has 7 heteroatoms. The zero-order valence-electron chi connectivity index (χ0n) is 7.61. The van der Waals surface area contributed by atoms with Crippen molar-refractivity contribution in [2.24, 2.45) is 0 Å². The third-order valence-corrected chi connectivity index (χ3v) is 1.98. The molecule has 86 valence electrons. The van der Waals surface area contributed by atoms with Crippen molar-refractivity contribution >= 4 is 15.9 Å². The van der Waals surface area contributed by atoms with E-state index in [-0.39, 0.29) is 4.47 Å². The first kappa shape index (κ1) is 12.8. The Hall–Kier alpha value is -1.29. The van der Waals surface area contributed by atoms with E-state index >= 15 is 0 Å². The average molecular weight is 298 g/mol. The molecule has 0 atom stereocenters. The summed E-state index contributed by atoms with van der Waals surface area (Å²) in [6.07, 6.45) is -4.54. The number of rotatable bonds is 2. The van der Waals surface area contributed by atoms with E-state index in [4.69, 9.17) is 5.26 Å². The minimum atomic E-state index is -4.54. The molecule has 0 aromatic heterocycles. The molecule has 0 radical (unpaired) electrons. The van der Waals surface area contributed by atoms with Crippen LogP contribution in [0.3, 0.4) is 0 Å². The van der Waals surface area contributed by atoms with Crippen molar-refractivity contribution in [1.82, 2.24) is 0 Å². The van der Waals surface area contributed by atoms with Crippen LogP contribution in [0.4, 0.5) is 17.6 Å². The third kappa shape index (κ3) is 3.38. The van der Waals surface area contributed by atoms with Crippen LogP contribution < -0.4 is 4.74 Å². The van der Waals surface area contributed by atoms with E-state index in [9.17, 15) is 17.6 Å². The van der Waals surface area contributed by atoms with Gasteiger partial charge in [0.2, 0.25) is 0 Å². The molecule has 1 rings (SSSR count). The van der Waals surface area contributed by atoms with E-state index < -0.39 is 29.9 Å². The zero-order chi connectivity index (χ0) is 12.3. The van der Waals surface area contributed by atoms with E-state index in [0.29, 0.717) is 0 Å². The third-order valence-electron chi connectivity index (χ3n) is 1.52. The largest absolute Gasteiger partial charge is 0.483 e. The lowest BCUT2D eigenvalue weighted by Gasteiger charge is -2.10. The molecular formula is C9H4BrF4NO. The van der Waals surface area contributed by atoms with Crippen LogP contribution in [0.15, 0.2) is 16.6 Å². The minimum absolute atomic E-state index is 0.196. The predicted octanol–water partition coefficient (Wildman–Crippen LogP) is 3.40. The van der Waals surface area contributed by atoms with E-state index in [1.54, 1.807) is 0 Å². The smallest absolute Gasteiger partial charge is 0.422 e. The monoisotopic (exact) mass is 297 g/mol. The van der Waals surface area contributed by atoms with Crippen LogP contribution in [0, 0.1) is 17.1 Å². The lowest BCUT2D eigenvalue weighted by Crippen LogP contribution is -2.19. The fourth-order valence-corrected chi connectivity index (χ4v) is 1.34. The van der Waals surface area contributed by atoms with Gasteiger partial charge in [-0.1, -0.05) is 15.9 Å². The van der Waals surface area contributed by atoms with Gasteiger partial charge in [-0.3, -0.25) is 0 Å². The van der Waals surface area contributed by atoms with Crippen molar-refractivity contribution in [2.75, 3.05) is 6.61 Å². The summed E-state index contributed by atoms with van der Waals surface area (Å²) in [4.78, 5) is 0. The van der Waals surface area contributed by atoms with Gasteiger partial charge < -0.3 is 4.74 Å². The van der Waals surface area contributed by atoms with Gasteiger partial charge in [-0.15, -0.1) is 0 Å². The predicted molar refractivity (Wildman–Crippen MR) is 50.4 cm³/mol. The molecule has 0 saturated carbocycles. The van der Waals surface area contributed by atoms with Crippen LogP contribution in [0.2, 0.25) is 0 Å². The molecule has 1 aromatic rings. The molecule has 0 saturated heterocycles. The summed E-state index contributed by atoms with van der Waals surface area (Å²) >= 11 is 2.89. The molecule has 0 aliphatic rings. The summed E-state index contributed by atoms with van der Waals surface area (Å²) in [5, 5.41) is 8.55. The fourth-order valence-electron chi connectivity index (χ4n) is 0.932. The summed E-state index contributed by atoms with van der Waals surface area (Å²) in [6, 6.07) is 3.51. The summed E-state index contributed by atoms with van der Waals surface area (Å²) in [6.45, 7) is -1.57. The Labute approximate surface area is 96.6 Å². The summed E-state index contributed by atoms with van der Waals surface area (Å²) in [7, 11) is 0. The number of nitriles is 1. The number of alkyl halides is 3. The number of nitrogens with zero attached hydrogens (tertiary/aromatic N) is 1. The highest BCUT2D eigenvalue weighted by Gasteiger charge is 2.29. The Bertz CT molecular complexity index is 438. The lowest BCUT2D eigenvalue weighted by molar-refractivity contribution is -0.153. The average Bonchev–Trinajstić information content (AvgIpc) is 2.12. The van der Waals surface area contributed by atoms with Gasteiger partial charge in [-0.2, -0.15) is 18.4 Å². The van der Waals surface area contributed by atoms with Gasteiger partial charge in [-0.25, -0.2) is 4.39 Å². The quantitative estimate of drug-likeness (QED) is 0.784. The van der Waals surface area contributed by atoms with Crippen LogP contribution in [0.1, 0.15) is 5.56 Å². The van der Waals surface area contributed by atoms with Gasteiger partial charge in [-0.05, 0) is 12.1 Å². The van der Waals surface area contributed by atoms with Crippen molar-refractivity contribution in [2.45, 2.75) is 6.18 Å². The highest BCUT2D eigenvalue weighted by Crippen LogP contribution is 2.27. The molecule has 0 unspecified atom stereocenters. The number of benzene rings is 1. The van der Waals surface area contributed by atoms with Crippen LogP contribution in [-0.4, -0.2) is 12.8 Å². The number of halogens is 5. The van der Waals surface area contributed by atoms with Gasteiger partial charge in [0, 0.05) is 4.47 Å². The minimum Gasteiger partial charge on any atom is -0.483 e. The van der Waals surface area contributed by atoms with Crippen molar-refractivity contribution in [3.8, 4) is 11.8 Å². The standard InChI is InChI=1S/C9H4BrF4NO/c10-5-1-7(11)6(3-15)8(2-5)16-4-9(12,13)14/h1-2H,4H2. The normalized spacial score (nSPS) is 11.0. The molecule has 1 aromatic carbocycles. The van der Waals surface area contributed by atoms with Crippen molar-refractivity contribution < 1.29 is 22.3 Å². The molecular weight excluding hydrogens is 294 g/mol. The fraction of sp³-hybridized carbons (Fsp3) is 0.222. The van der Waals surface area contributed by atoms with E-state index in [1.807, 2.05) is 0 Å². The second-order valence-corrected chi connectivity index (χ2v) is 3.69. The first-order valence-electron chi connectivity index (χ1n) is 3.92. The molecule has 0 aliphatic heterocycles. The van der Waals surface area contributed by atoms with Gasteiger partial charge in [0.1, 0.15) is 23.2 Å². The van der Waals surface area contributed by atoms with Crippen molar-refractivity contribution in [3.63, 3.8) is 0 Å². The molecule has 0 spiro atoms. The Morgan fingerprint density at radius 1 is 1.38 bits per heavy atom. The maximum Gasteiger partial charge on any atom is 0.422 e. The molecule has 0 heterocycles. The molecule has 0 aliphatic carbocycles. The van der Waals surface area contributed by atoms with E-state index in [2.05, 4.69) is 20.7 Å². The second kappa shape index (κ2) is 4.70. The Balaban J connectivity index is 3.00. The van der Waals surface area contributed by atoms with Crippen molar-refractivity contribution in [1.29, 1.82) is 5.26 Å². The Morgan fingerprint density at radius 2 is 2.00 bits per heavy atom. The summed E-state index contributed by atoms with van der Waals surface area (Å²) < 4.78 is 53.2. The first-order chi connectivity index (χ1) is 7.33. The van der Waals surface area contributed by atoms with Crippen LogP contribution in [-0.2, 0) is 0 Å². The van der Waals surface area contributed by atoms with Crippen LogP contribution in [0.5, 0.6) is 5.75 Å². The van der Waals surface area contributed by atoms with E-state index in [1.165, 1.54) is 6.07 Å². The maximum atomic E-state index is 13.1. The molecule has 0 N–H and O–H groups in total. The zero-order valence-corrected chi connectivity index (χ0v) is 9.19. The van der Waals surface area contributed by atoms with E-state index in [0.717, 1.165) is 12.1 Å². The van der Waals surface area contributed by atoms with Crippen LogP contribution >= 0.6 is 15.9 Å². The molecule has 0 bridgehead atoms. The lowest BCUT2D eigenvalue weighted by atomic mass is 10.2. The molecule has 0 fully saturated rings. The first-order valence-corrected chi connectivity index (χ1v) is 4.71. The van der Waals surface area contributed by atoms with Crippen molar-refractivity contribution in [3.05, 3.63) is 28.0 Å². The number of ether oxygens (including phenoxy) is 1. The van der Waals surface area contributed by atoms with Gasteiger partial charge in [0.05, 0.1) is 0 Å². The molecule has 0 amide bonds. The van der Waals surface area contributed by atoms with Gasteiger partial charge >= 0.3 is 6.18 Å². The Morgan fingerprint density at radius 3 is 2.50 bits per heavy atom. The summed E-state index contributed by atoms with van der Waals surface area (Å²) in [5.41, 5.74) is -0.549. The SMILES string of the molecule is N#Cc1c(F)cc(Br)cc1OCC(F)(F)F. The molecule has 2 nitrogen and oxygen atoms in total. The van der Waals surface area contributed by atoms with Crippen LogP contribution in [0.25, 0.3) is 0 Å². The second-order valence-electron chi connectivity index (χ2n) is 2.78. The maximum absolute atomic E-state index is 13.1. The Kier molecular flexibility index (Phi) is 3.75. The highest BCUT2D eigenvalue weighted by molar-refractivity contribution is 9.10. The molecule has 16 heavy (non-hydrogen) atoms. The van der Waals surface area contributed by atoms with Gasteiger partial charge in [0.25, 0.3) is 0 Å². The number of hydrogen-bond acceptors (Lipinski definition) is 2. The topological polar surface area (TPSA) is 33.0 Å².